The SMILES string of the molecule is COc1cc(O)c2c(=O)c(-c3ccc(O)cc3O)coc2c1.COc1cc(O)c2c(=O)c3c(oc2c1)oc1cc(O)ccc13.COc1ccc(-c2coc3cc(OC)cc(OC)c3c2=O)c(OC)c1.COc1ccc(CC(=O)O)c(OC)c1.COc1ccc(CC(=O)c2c(O)cc(OC)cc2OC)c(OC)c1.COc1ccc(CC(=O)c2c(OC)cc(OC)cc2OC)c(OC)c1. The predicted octanol–water partition coefficient (Wildman–Crippen LogP) is 16.5. The molecule has 0 aliphatic heterocycles. The predicted molar refractivity (Wildman–Crippen MR) is 487 cm³/mol. The first-order valence-corrected chi connectivity index (χ1v) is 39.3. The third-order valence-corrected chi connectivity index (χ3v) is 20.2. The molecule has 0 aliphatic carbocycles. The number of fused-ring (bicyclic) bond motifs is 6. The van der Waals surface area contributed by atoms with Crippen LogP contribution in [0.15, 0.2) is 214 Å². The summed E-state index contributed by atoms with van der Waals surface area (Å²) in [5.74, 6) is 6.03. The fraction of sp³-hybridized carbons (Fsp3) is 0.204. The van der Waals surface area contributed by atoms with Gasteiger partial charge in [-0.25, -0.2) is 0 Å². The van der Waals surface area contributed by atoms with Crippen LogP contribution in [-0.4, -0.2) is 174 Å². The smallest absolute Gasteiger partial charge is 0.307 e. The van der Waals surface area contributed by atoms with E-state index in [2.05, 4.69) is 0 Å². The summed E-state index contributed by atoms with van der Waals surface area (Å²) in [7, 11) is 25.7. The zero-order chi connectivity index (χ0) is 95.9. The molecule has 7 N–H and O–H groups in total. The molecular formula is C98H94O34. The van der Waals surface area contributed by atoms with Crippen molar-refractivity contribution in [2.75, 3.05) is 121 Å². The summed E-state index contributed by atoms with van der Waals surface area (Å²) in [5, 5.41) is 68.7. The van der Waals surface area contributed by atoms with Crippen molar-refractivity contribution < 1.29 is 148 Å². The second-order valence-electron chi connectivity index (χ2n) is 27.8. The summed E-state index contributed by atoms with van der Waals surface area (Å²) >= 11 is 0. The number of rotatable bonds is 27. The molecule has 11 aromatic carbocycles. The highest BCUT2D eigenvalue weighted by Crippen LogP contribution is 2.43. The number of benzene rings is 11. The Labute approximate surface area is 752 Å². The van der Waals surface area contributed by atoms with Crippen LogP contribution in [0.1, 0.15) is 37.4 Å². The van der Waals surface area contributed by atoms with E-state index in [-0.39, 0.29) is 126 Å². The van der Waals surface area contributed by atoms with Crippen LogP contribution >= 0.6 is 0 Å². The second-order valence-corrected chi connectivity index (χ2v) is 27.8. The normalized spacial score (nSPS) is 10.5. The Bertz CT molecular complexity index is 6870. The van der Waals surface area contributed by atoms with Crippen LogP contribution in [0.25, 0.3) is 77.3 Å². The van der Waals surface area contributed by atoms with Crippen molar-refractivity contribution in [1.82, 2.24) is 0 Å². The molecule has 4 heterocycles. The van der Waals surface area contributed by atoms with Gasteiger partial charge in [0.1, 0.15) is 200 Å². The first kappa shape index (κ1) is 97.3. The van der Waals surface area contributed by atoms with E-state index >= 15 is 0 Å². The standard InChI is InChI=1S/C19H18O6.C19H22O6.C18H20O6.C16H10O6.C16H12O6.C10H12O4/c1-21-11-5-6-13(15(7-11)23-3)14-10-25-17-9-12(22-2)8-16(24-4)18(17)19(14)20;1-21-13-7-6-12(16(9-13)23-3)8-15(20)19-17(24-4)10-14(22-2)11-18(19)25-5;1-21-12-6-5-11(16(9-12)23-3)7-14(19)18-15(20)8-13(22-2)10-17(18)24-4;1-20-8-5-10(18)14-12(6-8)22-16-13(15(14)19)9-3-2-7(17)4-11(9)21-16;1-21-9-5-13(19)15-14(6-9)22-7-11(16(15)20)10-3-2-8(17)4-12(10)18;1-13-8-4-3-7(5-10(11)12)9(6-8)14-2/h5-10H,1-4H3;6-7,9-11H,8H2,1-5H3;5-6,8-10,20H,7H2,1-4H3;2-6,17-18H,1H3;2-7,17-19H,1H3;3-4,6H,5H2,1-2H3,(H,11,12). The molecule has 0 amide bonds. The maximum atomic E-state index is 13.1. The van der Waals surface area contributed by atoms with E-state index < -0.39 is 16.8 Å². The number of ketones is 2. The monoisotopic (exact) mass is 1810 g/mol. The van der Waals surface area contributed by atoms with Crippen LogP contribution in [0.2, 0.25) is 0 Å². The van der Waals surface area contributed by atoms with Crippen LogP contribution in [0.3, 0.4) is 0 Å². The number of carboxylic acid groups (broad SMARTS) is 1. The van der Waals surface area contributed by atoms with Crippen LogP contribution < -0.4 is 96.8 Å². The minimum atomic E-state index is -0.881. The molecule has 0 fully saturated rings. The van der Waals surface area contributed by atoms with Crippen molar-refractivity contribution in [2.45, 2.75) is 19.3 Å². The summed E-state index contributed by atoms with van der Waals surface area (Å²) in [6.45, 7) is 0. The molecule has 0 spiro atoms. The summed E-state index contributed by atoms with van der Waals surface area (Å²) in [6, 6.07) is 44.3. The molecule has 34 heteroatoms. The third-order valence-electron chi connectivity index (χ3n) is 20.2. The topological polar surface area (TPSA) is 454 Å². The van der Waals surface area contributed by atoms with Crippen LogP contribution in [-0.2, 0) is 24.1 Å². The Morgan fingerprint density at radius 1 is 0.265 bits per heavy atom. The lowest BCUT2D eigenvalue weighted by molar-refractivity contribution is -0.136. The first-order chi connectivity index (χ1) is 63.5. The number of methoxy groups -OCH3 is 17. The molecule has 0 bridgehead atoms. The Hall–Kier alpha value is -16.9. The van der Waals surface area contributed by atoms with E-state index in [9.17, 15) is 59.4 Å². The average molecular weight is 1820 g/mol. The molecule has 0 radical (unpaired) electrons. The van der Waals surface area contributed by atoms with Crippen molar-refractivity contribution in [3.63, 3.8) is 0 Å². The highest BCUT2D eigenvalue weighted by atomic mass is 16.5. The van der Waals surface area contributed by atoms with Gasteiger partial charge in [0, 0.05) is 143 Å². The van der Waals surface area contributed by atoms with Gasteiger partial charge in [0.15, 0.2) is 11.6 Å². The zero-order valence-electron chi connectivity index (χ0n) is 74.6. The average Bonchev–Trinajstić information content (AvgIpc) is 1.67. The largest absolute Gasteiger partial charge is 0.508 e. The number of Topliss-reactive ketones (excluding diaryl/α,β-unsaturated/α-hetero) is 2. The number of phenols is 6. The number of carbonyl (C=O) groups is 3. The molecule has 34 nitrogen and oxygen atoms in total. The number of phenolic OH excluding ortho intramolecular Hbond substituents is 6. The van der Waals surface area contributed by atoms with Gasteiger partial charge in [-0.2, -0.15) is 0 Å². The summed E-state index contributed by atoms with van der Waals surface area (Å²) < 4.78 is 111. The van der Waals surface area contributed by atoms with Crippen LogP contribution in [0, 0.1) is 0 Å². The van der Waals surface area contributed by atoms with Gasteiger partial charge in [-0.15, -0.1) is 0 Å². The minimum absolute atomic E-state index is 0.00854. The van der Waals surface area contributed by atoms with E-state index in [0.717, 1.165) is 11.6 Å². The first-order valence-electron chi connectivity index (χ1n) is 39.3. The van der Waals surface area contributed by atoms with E-state index in [0.29, 0.717) is 142 Å². The Kier molecular flexibility index (Phi) is 32.8. The number of aliphatic carboxylic acids is 1. The Morgan fingerprint density at radius 3 is 1.07 bits per heavy atom. The van der Waals surface area contributed by atoms with Gasteiger partial charge in [-0.1, -0.05) is 18.2 Å². The van der Waals surface area contributed by atoms with Gasteiger partial charge in [0.25, 0.3) is 0 Å². The van der Waals surface area contributed by atoms with Gasteiger partial charge in [-0.3, -0.25) is 28.8 Å². The van der Waals surface area contributed by atoms with Gasteiger partial charge >= 0.3 is 11.7 Å². The molecule has 0 unspecified atom stereocenters. The molecule has 132 heavy (non-hydrogen) atoms. The number of carbonyl (C=O) groups excluding carboxylic acids is 2. The second kappa shape index (κ2) is 44.5. The number of furan rings is 1. The quantitative estimate of drug-likeness (QED) is 0.0235. The lowest BCUT2D eigenvalue weighted by atomic mass is 10.00. The highest BCUT2D eigenvalue weighted by molar-refractivity contribution is 6.08. The van der Waals surface area contributed by atoms with Crippen LogP contribution in [0.4, 0.5) is 0 Å². The van der Waals surface area contributed by atoms with E-state index in [4.69, 9.17) is 103 Å². The summed E-state index contributed by atoms with van der Waals surface area (Å²) in [6.07, 6.45) is 2.73. The molecule has 0 atom stereocenters. The number of hydrogen-bond acceptors (Lipinski definition) is 33. The summed E-state index contributed by atoms with van der Waals surface area (Å²) in [4.78, 5) is 74.4. The molecule has 0 saturated carbocycles. The molecule has 0 saturated heterocycles. The highest BCUT2D eigenvalue weighted by Gasteiger charge is 2.27. The summed E-state index contributed by atoms with van der Waals surface area (Å²) in [5.41, 5.74) is 3.72. The van der Waals surface area contributed by atoms with Gasteiger partial charge < -0.3 is 134 Å². The zero-order valence-corrected chi connectivity index (χ0v) is 74.6. The lowest BCUT2D eigenvalue weighted by Crippen LogP contribution is -2.09. The van der Waals surface area contributed by atoms with Crippen LogP contribution in [0.5, 0.6) is 132 Å². The van der Waals surface area contributed by atoms with Crippen molar-refractivity contribution in [2.24, 2.45) is 0 Å². The molecule has 15 aromatic rings. The van der Waals surface area contributed by atoms with E-state index in [1.807, 2.05) is 0 Å². The number of ether oxygens (including phenoxy) is 17. The van der Waals surface area contributed by atoms with Gasteiger partial charge in [0.2, 0.25) is 16.3 Å². The fourth-order valence-electron chi connectivity index (χ4n) is 13.6. The van der Waals surface area contributed by atoms with Gasteiger partial charge in [-0.05, 0) is 54.6 Å². The molecule has 4 aromatic heterocycles. The van der Waals surface area contributed by atoms with Crippen molar-refractivity contribution in [1.29, 1.82) is 0 Å². The van der Waals surface area contributed by atoms with Gasteiger partial charge in [0.05, 0.1) is 138 Å². The van der Waals surface area contributed by atoms with E-state index in [1.165, 1.54) is 152 Å². The third kappa shape index (κ3) is 22.2. The molecule has 690 valence electrons. The molecular weight excluding hydrogens is 1720 g/mol. The van der Waals surface area contributed by atoms with Crippen molar-refractivity contribution >= 4 is 72.6 Å². The maximum Gasteiger partial charge on any atom is 0.307 e. The minimum Gasteiger partial charge on any atom is -0.508 e. The van der Waals surface area contributed by atoms with E-state index in [1.54, 1.807) is 145 Å². The van der Waals surface area contributed by atoms with Crippen molar-refractivity contribution in [3.05, 3.63) is 241 Å². The number of hydrogen-bond donors (Lipinski definition) is 7. The number of carboxylic acids is 1. The Morgan fingerprint density at radius 2 is 0.606 bits per heavy atom. The molecule has 15 rings (SSSR count). The van der Waals surface area contributed by atoms with Crippen molar-refractivity contribution in [3.8, 4) is 154 Å². The maximum absolute atomic E-state index is 13.1. The lowest BCUT2D eigenvalue weighted by Gasteiger charge is -2.15. The number of aromatic hydroxyl groups is 6. The molecule has 0 aliphatic rings. The Balaban J connectivity index is 0.000000165. The fourth-order valence-corrected chi connectivity index (χ4v) is 13.6.